The van der Waals surface area contributed by atoms with Crippen molar-refractivity contribution in [3.8, 4) is 0 Å². The van der Waals surface area contributed by atoms with Crippen LogP contribution in [0.25, 0.3) is 0 Å². The van der Waals surface area contributed by atoms with E-state index in [0.717, 1.165) is 57.5 Å². The number of guanidine groups is 1. The molecule has 1 saturated heterocycles. The number of β-amino-alcohol motifs (C(OH)–C–C–N with tert-alkyl or cyclic N) is 1. The highest BCUT2D eigenvalue weighted by molar-refractivity contribution is 14.0. The summed E-state index contributed by atoms with van der Waals surface area (Å²) in [5, 5.41) is 17.1. The van der Waals surface area contributed by atoms with Crippen LogP contribution in [0.3, 0.4) is 0 Å². The molecule has 3 N–H and O–H groups in total. The van der Waals surface area contributed by atoms with E-state index in [4.69, 9.17) is 4.74 Å². The van der Waals surface area contributed by atoms with Crippen molar-refractivity contribution in [3.63, 3.8) is 0 Å². The number of rotatable bonds is 9. The molecule has 0 aromatic heterocycles. The van der Waals surface area contributed by atoms with Crippen molar-refractivity contribution >= 4 is 41.7 Å². The fourth-order valence-corrected chi connectivity index (χ4v) is 2.74. The predicted octanol–water partition coefficient (Wildman–Crippen LogP) is 0.996. The third-order valence-electron chi connectivity index (χ3n) is 3.41. The molecule has 23 heavy (non-hydrogen) atoms. The highest BCUT2D eigenvalue weighted by atomic mass is 127. The van der Waals surface area contributed by atoms with Crippen LogP contribution in [-0.2, 0) is 4.74 Å². The van der Waals surface area contributed by atoms with E-state index in [1.54, 1.807) is 0 Å². The van der Waals surface area contributed by atoms with Crippen molar-refractivity contribution in [1.82, 2.24) is 15.5 Å². The van der Waals surface area contributed by atoms with Gasteiger partial charge in [-0.3, -0.25) is 9.89 Å². The molecule has 0 saturated carbocycles. The number of hydrogen-bond acceptors (Lipinski definition) is 5. The number of aliphatic hydroxyl groups is 1. The second-order valence-electron chi connectivity index (χ2n) is 5.85. The topological polar surface area (TPSA) is 69.1 Å². The lowest BCUT2D eigenvalue weighted by molar-refractivity contribution is -0.0179. The Morgan fingerprint density at radius 2 is 2.04 bits per heavy atom. The van der Waals surface area contributed by atoms with Gasteiger partial charge in [0.2, 0.25) is 0 Å². The Labute approximate surface area is 162 Å². The molecule has 0 aromatic rings. The van der Waals surface area contributed by atoms with Gasteiger partial charge >= 0.3 is 0 Å². The van der Waals surface area contributed by atoms with Gasteiger partial charge in [-0.2, -0.15) is 11.8 Å². The van der Waals surface area contributed by atoms with E-state index in [0.29, 0.717) is 13.1 Å². The molecule has 1 atom stereocenters. The monoisotopic (exact) mass is 460 g/mol. The van der Waals surface area contributed by atoms with Crippen LogP contribution in [0.15, 0.2) is 4.99 Å². The molecule has 0 aliphatic carbocycles. The predicted molar refractivity (Wildman–Crippen MR) is 110 cm³/mol. The number of ether oxygens (including phenoxy) is 1. The molecule has 0 bridgehead atoms. The number of aliphatic imine (C=N–C) groups is 1. The van der Waals surface area contributed by atoms with Gasteiger partial charge in [0.25, 0.3) is 0 Å². The number of halogens is 1. The maximum Gasteiger partial charge on any atom is 0.191 e. The van der Waals surface area contributed by atoms with Crippen molar-refractivity contribution < 1.29 is 9.84 Å². The maximum absolute atomic E-state index is 10.5. The smallest absolute Gasteiger partial charge is 0.191 e. The summed E-state index contributed by atoms with van der Waals surface area (Å²) in [5.41, 5.74) is -0.820. The maximum atomic E-state index is 10.5. The second kappa shape index (κ2) is 13.5. The molecule has 8 heteroatoms. The first-order valence-corrected chi connectivity index (χ1v) is 9.50. The van der Waals surface area contributed by atoms with Gasteiger partial charge in [0, 0.05) is 32.7 Å². The quantitative estimate of drug-likeness (QED) is 0.207. The lowest BCUT2D eigenvalue weighted by Gasteiger charge is -2.33. The van der Waals surface area contributed by atoms with Gasteiger partial charge in [-0.1, -0.05) is 0 Å². The molecule has 1 unspecified atom stereocenters. The van der Waals surface area contributed by atoms with E-state index in [1.165, 1.54) is 0 Å². The van der Waals surface area contributed by atoms with E-state index in [-0.39, 0.29) is 24.0 Å². The third-order valence-corrected chi connectivity index (χ3v) is 4.10. The molecule has 1 fully saturated rings. The zero-order valence-electron chi connectivity index (χ0n) is 14.6. The van der Waals surface area contributed by atoms with Crippen LogP contribution in [-0.4, -0.2) is 86.1 Å². The van der Waals surface area contributed by atoms with E-state index < -0.39 is 5.60 Å². The minimum Gasteiger partial charge on any atom is -0.387 e. The summed E-state index contributed by atoms with van der Waals surface area (Å²) in [7, 11) is 0. The van der Waals surface area contributed by atoms with Crippen molar-refractivity contribution in [1.29, 1.82) is 0 Å². The number of thioether (sulfide) groups is 1. The number of morpholine rings is 1. The van der Waals surface area contributed by atoms with Crippen LogP contribution < -0.4 is 10.6 Å². The fraction of sp³-hybridized carbons (Fsp3) is 0.933. The first-order valence-electron chi connectivity index (χ1n) is 8.11. The van der Waals surface area contributed by atoms with Gasteiger partial charge in [-0.25, -0.2) is 0 Å². The van der Waals surface area contributed by atoms with Crippen LogP contribution in [0.2, 0.25) is 0 Å². The van der Waals surface area contributed by atoms with Crippen molar-refractivity contribution in [3.05, 3.63) is 0 Å². The first-order chi connectivity index (χ1) is 10.6. The standard InChI is InChI=1S/C15H32N4O2S.HI/c1-4-16-14(17-6-5-11-22-3)18-12-15(2,20)13-19-7-9-21-10-8-19;/h20H,4-13H2,1-3H3,(H2,16,17,18);1H. The molecule has 1 heterocycles. The average molecular weight is 460 g/mol. The van der Waals surface area contributed by atoms with Gasteiger partial charge in [-0.05, 0) is 32.3 Å². The van der Waals surface area contributed by atoms with E-state index in [9.17, 15) is 5.11 Å². The SMILES string of the molecule is CCNC(=NCC(C)(O)CN1CCOCC1)NCCCSC.I. The zero-order valence-corrected chi connectivity index (χ0v) is 17.8. The average Bonchev–Trinajstić information content (AvgIpc) is 2.49. The summed E-state index contributed by atoms with van der Waals surface area (Å²) in [4.78, 5) is 6.76. The Morgan fingerprint density at radius 1 is 1.35 bits per heavy atom. The van der Waals surface area contributed by atoms with Crippen LogP contribution in [0.5, 0.6) is 0 Å². The van der Waals surface area contributed by atoms with E-state index >= 15 is 0 Å². The molecular weight excluding hydrogens is 427 g/mol. The molecule has 0 spiro atoms. The Bertz CT molecular complexity index is 327. The molecule has 0 radical (unpaired) electrons. The summed E-state index contributed by atoms with van der Waals surface area (Å²) in [6.45, 7) is 9.90. The molecule has 1 aliphatic rings. The lowest BCUT2D eigenvalue weighted by atomic mass is 10.1. The summed E-state index contributed by atoms with van der Waals surface area (Å²) in [6, 6.07) is 0. The van der Waals surface area contributed by atoms with Crippen molar-refractivity contribution in [2.75, 3.05) is 64.5 Å². The van der Waals surface area contributed by atoms with Crippen molar-refractivity contribution in [2.24, 2.45) is 4.99 Å². The minimum absolute atomic E-state index is 0. The van der Waals surface area contributed by atoms with Gasteiger partial charge in [0.1, 0.15) is 0 Å². The molecule has 1 rings (SSSR count). The molecule has 0 aromatic carbocycles. The Kier molecular flexibility index (Phi) is 13.6. The van der Waals surface area contributed by atoms with Crippen LogP contribution in [0, 0.1) is 0 Å². The van der Waals surface area contributed by atoms with Gasteiger partial charge in [0.15, 0.2) is 5.96 Å². The summed E-state index contributed by atoms with van der Waals surface area (Å²) < 4.78 is 5.34. The number of nitrogens with zero attached hydrogens (tertiary/aromatic N) is 2. The Balaban J connectivity index is 0.00000484. The summed E-state index contributed by atoms with van der Waals surface area (Å²) in [5.74, 6) is 1.92. The Hall–Kier alpha value is 0.230. The van der Waals surface area contributed by atoms with Crippen molar-refractivity contribution in [2.45, 2.75) is 25.9 Å². The highest BCUT2D eigenvalue weighted by Crippen LogP contribution is 2.09. The zero-order chi connectivity index (χ0) is 16.3. The first kappa shape index (κ1) is 23.2. The normalized spacial score (nSPS) is 18.9. The van der Waals surface area contributed by atoms with E-state index in [2.05, 4.69) is 26.8 Å². The highest BCUT2D eigenvalue weighted by Gasteiger charge is 2.25. The minimum atomic E-state index is -0.820. The number of nitrogens with one attached hydrogen (secondary N) is 2. The number of hydrogen-bond donors (Lipinski definition) is 3. The molecule has 138 valence electrons. The third kappa shape index (κ3) is 11.4. The van der Waals surface area contributed by atoms with E-state index in [1.807, 2.05) is 25.6 Å². The largest absolute Gasteiger partial charge is 0.387 e. The molecular formula is C15H33IN4O2S. The summed E-state index contributed by atoms with van der Waals surface area (Å²) >= 11 is 1.85. The van der Waals surface area contributed by atoms with Gasteiger partial charge in [0.05, 0.1) is 25.4 Å². The second-order valence-corrected chi connectivity index (χ2v) is 6.84. The van der Waals surface area contributed by atoms with Gasteiger partial charge in [-0.15, -0.1) is 24.0 Å². The molecule has 1 aliphatic heterocycles. The lowest BCUT2D eigenvalue weighted by Crippen LogP contribution is -2.48. The van der Waals surface area contributed by atoms with Crippen LogP contribution in [0.4, 0.5) is 0 Å². The van der Waals surface area contributed by atoms with Gasteiger partial charge < -0.3 is 20.5 Å². The molecule has 6 nitrogen and oxygen atoms in total. The molecule has 0 amide bonds. The van der Waals surface area contributed by atoms with Crippen LogP contribution >= 0.6 is 35.7 Å². The Morgan fingerprint density at radius 3 is 2.65 bits per heavy atom. The van der Waals surface area contributed by atoms with Crippen LogP contribution in [0.1, 0.15) is 20.3 Å². The summed E-state index contributed by atoms with van der Waals surface area (Å²) in [6.07, 6.45) is 3.22. The fourth-order valence-electron chi connectivity index (χ4n) is 2.31.